The number of ether oxygens (including phenoxy) is 1. The van der Waals surface area contributed by atoms with Gasteiger partial charge < -0.3 is 25.6 Å². The Bertz CT molecular complexity index is 1190. The van der Waals surface area contributed by atoms with Gasteiger partial charge in [0.25, 0.3) is 5.91 Å². The molecule has 1 fully saturated rings. The Morgan fingerprint density at radius 2 is 1.79 bits per heavy atom. The summed E-state index contributed by atoms with van der Waals surface area (Å²) in [7, 11) is -3.60. The van der Waals surface area contributed by atoms with Gasteiger partial charge in [0, 0.05) is 34.9 Å². The van der Waals surface area contributed by atoms with Crippen LogP contribution in [-0.4, -0.2) is 64.1 Å². The van der Waals surface area contributed by atoms with Gasteiger partial charge in [-0.25, -0.2) is 13.2 Å². The maximum absolute atomic E-state index is 12.9. The molecule has 0 aromatic heterocycles. The maximum Gasteiger partial charge on any atom is 0.319 e. The monoisotopic (exact) mass is 508 g/mol. The summed E-state index contributed by atoms with van der Waals surface area (Å²) in [6.45, 7) is 2.66. The Morgan fingerprint density at radius 3 is 2.41 bits per heavy atom. The molecule has 2 aromatic rings. The molecule has 182 valence electrons. The van der Waals surface area contributed by atoms with Gasteiger partial charge in [-0.3, -0.25) is 9.59 Å². The Balaban J connectivity index is 1.71. The molecule has 1 aliphatic rings. The molecule has 4 amide bonds. The Morgan fingerprint density at radius 1 is 1.12 bits per heavy atom. The number of carbonyl (C=O) groups excluding carboxylic acids is 3. The van der Waals surface area contributed by atoms with Crippen molar-refractivity contribution in [2.24, 2.45) is 0 Å². The van der Waals surface area contributed by atoms with Crippen LogP contribution in [0.25, 0.3) is 0 Å². The molecule has 0 bridgehead atoms. The molecule has 34 heavy (non-hydrogen) atoms. The average Bonchev–Trinajstić information content (AvgIpc) is 2.75. The third-order valence-electron chi connectivity index (χ3n) is 4.93. The number of carbonyl (C=O) groups is 3. The molecule has 0 radical (unpaired) electrons. The van der Waals surface area contributed by atoms with E-state index in [2.05, 4.69) is 16.0 Å². The molecule has 1 aliphatic heterocycles. The fourth-order valence-corrected chi connectivity index (χ4v) is 4.35. The number of hydrogen-bond donors (Lipinski definition) is 3. The molecule has 2 aromatic carbocycles. The third-order valence-corrected chi connectivity index (χ3v) is 6.13. The first kappa shape index (κ1) is 25.5. The van der Waals surface area contributed by atoms with E-state index in [0.29, 0.717) is 35.2 Å². The van der Waals surface area contributed by atoms with E-state index < -0.39 is 33.6 Å². The number of nitrogens with zero attached hydrogens (tertiary/aromatic N) is 1. The highest BCUT2D eigenvalue weighted by atomic mass is 35.5. The summed E-state index contributed by atoms with van der Waals surface area (Å²) in [4.78, 5) is 38.9. The van der Waals surface area contributed by atoms with E-state index in [4.69, 9.17) is 16.3 Å². The maximum atomic E-state index is 12.9. The van der Waals surface area contributed by atoms with E-state index in [0.717, 1.165) is 11.8 Å². The van der Waals surface area contributed by atoms with Crippen molar-refractivity contribution in [3.8, 4) is 0 Å². The quantitative estimate of drug-likeness (QED) is 0.525. The molecule has 10 nitrogen and oxygen atoms in total. The Kier molecular flexibility index (Phi) is 8.13. The lowest BCUT2D eigenvalue weighted by Crippen LogP contribution is -2.49. The molecule has 1 heterocycles. The summed E-state index contributed by atoms with van der Waals surface area (Å²) in [5, 5.41) is 8.05. The Labute approximate surface area is 202 Å². The van der Waals surface area contributed by atoms with Crippen LogP contribution in [0.3, 0.4) is 0 Å². The first-order valence-electron chi connectivity index (χ1n) is 10.3. The number of aryl methyl sites for hydroxylation is 1. The van der Waals surface area contributed by atoms with Gasteiger partial charge in [-0.1, -0.05) is 11.6 Å². The molecule has 0 spiro atoms. The van der Waals surface area contributed by atoms with Crippen molar-refractivity contribution in [2.45, 2.75) is 13.0 Å². The van der Waals surface area contributed by atoms with E-state index in [1.54, 1.807) is 54.3 Å². The number of amides is 4. The zero-order valence-corrected chi connectivity index (χ0v) is 20.2. The summed E-state index contributed by atoms with van der Waals surface area (Å²) >= 11 is 5.82. The fraction of sp³-hybridized carbons (Fsp3) is 0.318. The van der Waals surface area contributed by atoms with E-state index >= 15 is 0 Å². The Hall–Kier alpha value is -3.15. The molecular weight excluding hydrogens is 484 g/mol. The second-order valence-corrected chi connectivity index (χ2v) is 10.5. The predicted octanol–water partition coefficient (Wildman–Crippen LogP) is 2.19. The van der Waals surface area contributed by atoms with Crippen LogP contribution in [0, 0.1) is 6.92 Å². The van der Waals surface area contributed by atoms with Crippen molar-refractivity contribution in [3.63, 3.8) is 0 Å². The van der Waals surface area contributed by atoms with Gasteiger partial charge in [0.15, 0.2) is 0 Å². The molecule has 1 unspecified atom stereocenters. The first-order chi connectivity index (χ1) is 16.0. The highest BCUT2D eigenvalue weighted by Gasteiger charge is 2.26. The van der Waals surface area contributed by atoms with Crippen LogP contribution >= 0.6 is 11.6 Å². The number of morpholine rings is 1. The van der Waals surface area contributed by atoms with E-state index in [1.807, 2.05) is 0 Å². The molecular formula is C22H25ClN4O6S. The molecule has 1 atom stereocenters. The summed E-state index contributed by atoms with van der Waals surface area (Å²) in [6, 6.07) is 9.17. The van der Waals surface area contributed by atoms with Gasteiger partial charge in [0.2, 0.25) is 5.91 Å². The number of urea groups is 1. The number of rotatable bonds is 7. The average molecular weight is 509 g/mol. The highest BCUT2D eigenvalue weighted by Crippen LogP contribution is 2.25. The summed E-state index contributed by atoms with van der Waals surface area (Å²) in [5.74, 6) is -1.45. The lowest BCUT2D eigenvalue weighted by Gasteiger charge is -2.28. The number of sulfone groups is 1. The van der Waals surface area contributed by atoms with Crippen LogP contribution in [-0.2, 0) is 24.2 Å². The molecule has 0 saturated carbocycles. The smallest absolute Gasteiger partial charge is 0.319 e. The van der Waals surface area contributed by atoms with Gasteiger partial charge in [0.1, 0.15) is 22.5 Å². The van der Waals surface area contributed by atoms with Crippen LogP contribution in [0.15, 0.2) is 42.5 Å². The van der Waals surface area contributed by atoms with Crippen molar-refractivity contribution in [3.05, 3.63) is 53.1 Å². The lowest BCUT2D eigenvalue weighted by molar-refractivity contribution is -0.125. The van der Waals surface area contributed by atoms with Crippen LogP contribution in [0.1, 0.15) is 5.56 Å². The molecule has 0 aliphatic carbocycles. The number of hydrogen-bond acceptors (Lipinski definition) is 6. The molecule has 3 rings (SSSR count). The van der Waals surface area contributed by atoms with Gasteiger partial charge in [-0.15, -0.1) is 0 Å². The minimum absolute atomic E-state index is 0.00878. The number of benzene rings is 2. The predicted molar refractivity (Wildman–Crippen MR) is 130 cm³/mol. The standard InChI is InChI=1S/C22H25ClN4O6S/c1-14-11-17(7-8-19(14)27-9-10-33-12-20(27)28)24-21(29)18(13-34(2,31)32)26-22(30)25-16-5-3-15(23)4-6-16/h3-8,11,18H,9-10,12-13H2,1-2H3,(H,24,29)(H2,25,26,30). The van der Waals surface area contributed by atoms with Crippen LogP contribution in [0.2, 0.25) is 5.02 Å². The van der Waals surface area contributed by atoms with Gasteiger partial charge >= 0.3 is 6.03 Å². The van der Waals surface area contributed by atoms with Gasteiger partial charge in [-0.05, 0) is 55.0 Å². The zero-order chi connectivity index (χ0) is 24.9. The highest BCUT2D eigenvalue weighted by molar-refractivity contribution is 7.90. The second kappa shape index (κ2) is 10.9. The molecule has 12 heteroatoms. The topological polar surface area (TPSA) is 134 Å². The first-order valence-corrected chi connectivity index (χ1v) is 12.8. The lowest BCUT2D eigenvalue weighted by atomic mass is 10.1. The minimum Gasteiger partial charge on any atom is -0.370 e. The van der Waals surface area contributed by atoms with Crippen molar-refractivity contribution in [1.82, 2.24) is 5.32 Å². The summed E-state index contributed by atoms with van der Waals surface area (Å²) in [5.41, 5.74) is 2.25. The number of anilines is 3. The number of halogens is 1. The molecule has 1 saturated heterocycles. The zero-order valence-electron chi connectivity index (χ0n) is 18.6. The van der Waals surface area contributed by atoms with Crippen molar-refractivity contribution in [2.75, 3.05) is 47.3 Å². The normalized spacial score (nSPS) is 14.9. The van der Waals surface area contributed by atoms with Gasteiger partial charge in [0.05, 0.1) is 12.4 Å². The van der Waals surface area contributed by atoms with E-state index in [9.17, 15) is 22.8 Å². The van der Waals surface area contributed by atoms with Crippen molar-refractivity contribution >= 4 is 56.3 Å². The van der Waals surface area contributed by atoms with Crippen molar-refractivity contribution < 1.29 is 27.5 Å². The number of nitrogens with one attached hydrogen (secondary N) is 3. The van der Waals surface area contributed by atoms with E-state index in [-0.39, 0.29) is 12.5 Å². The van der Waals surface area contributed by atoms with Crippen LogP contribution < -0.4 is 20.9 Å². The van der Waals surface area contributed by atoms with Crippen LogP contribution in [0.5, 0.6) is 0 Å². The second-order valence-electron chi connectivity index (χ2n) is 7.84. The minimum atomic E-state index is -3.60. The summed E-state index contributed by atoms with van der Waals surface area (Å²) < 4.78 is 28.9. The van der Waals surface area contributed by atoms with Gasteiger partial charge in [-0.2, -0.15) is 0 Å². The summed E-state index contributed by atoms with van der Waals surface area (Å²) in [6.07, 6.45) is 0.977. The molecule has 3 N–H and O–H groups in total. The fourth-order valence-electron chi connectivity index (χ4n) is 3.38. The van der Waals surface area contributed by atoms with E-state index in [1.165, 1.54) is 0 Å². The van der Waals surface area contributed by atoms with Crippen LogP contribution in [0.4, 0.5) is 21.9 Å². The van der Waals surface area contributed by atoms with Crippen molar-refractivity contribution in [1.29, 1.82) is 0 Å². The third kappa shape index (κ3) is 7.17. The SMILES string of the molecule is Cc1cc(NC(=O)C(CS(C)(=O)=O)NC(=O)Nc2ccc(Cl)cc2)ccc1N1CCOCC1=O. The largest absolute Gasteiger partial charge is 0.370 e.